The minimum atomic E-state index is -0.527. The van der Waals surface area contributed by atoms with Gasteiger partial charge in [0.05, 0.1) is 12.1 Å². The molecule has 0 spiro atoms. The molecule has 0 saturated carbocycles. The van der Waals surface area contributed by atoms with Crippen molar-refractivity contribution >= 4 is 22.7 Å². The maximum Gasteiger partial charge on any atom is 0.420 e. The molecule has 0 atom stereocenters. The van der Waals surface area contributed by atoms with E-state index in [4.69, 9.17) is 16.0 Å². The van der Waals surface area contributed by atoms with Gasteiger partial charge in [0.2, 0.25) is 0 Å². The van der Waals surface area contributed by atoms with Crippen LogP contribution in [0.1, 0.15) is 5.56 Å². The maximum absolute atomic E-state index is 13.6. The summed E-state index contributed by atoms with van der Waals surface area (Å²) < 4.78 is 20.1. The van der Waals surface area contributed by atoms with Crippen molar-refractivity contribution in [1.29, 1.82) is 0 Å². The smallest absolute Gasteiger partial charge is 0.408 e. The van der Waals surface area contributed by atoms with E-state index in [2.05, 4.69) is 0 Å². The van der Waals surface area contributed by atoms with E-state index >= 15 is 0 Å². The van der Waals surface area contributed by atoms with Crippen molar-refractivity contribution in [3.8, 4) is 0 Å². The number of halogens is 2. The lowest BCUT2D eigenvalue weighted by molar-refractivity contribution is 0.512. The molecule has 0 aliphatic heterocycles. The Morgan fingerprint density at radius 2 is 2.00 bits per heavy atom. The van der Waals surface area contributed by atoms with Crippen LogP contribution in [0, 0.1) is 5.82 Å². The van der Waals surface area contributed by atoms with E-state index in [1.807, 2.05) is 0 Å². The summed E-state index contributed by atoms with van der Waals surface area (Å²) in [6, 6.07) is 11.2. The predicted molar refractivity (Wildman–Crippen MR) is 71.0 cm³/mol. The molecule has 3 rings (SSSR count). The van der Waals surface area contributed by atoms with Gasteiger partial charge in [0.15, 0.2) is 5.58 Å². The number of oxazole rings is 1. The van der Waals surface area contributed by atoms with E-state index in [1.165, 1.54) is 10.6 Å². The Hall–Kier alpha value is -2.07. The van der Waals surface area contributed by atoms with Crippen LogP contribution >= 0.6 is 11.6 Å². The molecule has 5 heteroatoms. The van der Waals surface area contributed by atoms with Gasteiger partial charge in [-0.25, -0.2) is 9.18 Å². The third-order valence-electron chi connectivity index (χ3n) is 2.92. The van der Waals surface area contributed by atoms with Crippen LogP contribution in [0.5, 0.6) is 0 Å². The molecule has 0 aliphatic carbocycles. The van der Waals surface area contributed by atoms with Crippen molar-refractivity contribution in [2.45, 2.75) is 6.54 Å². The highest BCUT2D eigenvalue weighted by Gasteiger charge is 2.11. The number of hydrogen-bond acceptors (Lipinski definition) is 2. The molecule has 0 bridgehead atoms. The monoisotopic (exact) mass is 277 g/mol. The number of aromatic nitrogens is 1. The SMILES string of the molecule is O=c1oc2ccc(Cl)cc2n1Cc1ccccc1F. The van der Waals surface area contributed by atoms with Gasteiger partial charge in [-0.1, -0.05) is 29.8 Å². The van der Waals surface area contributed by atoms with E-state index < -0.39 is 5.76 Å². The van der Waals surface area contributed by atoms with Gasteiger partial charge >= 0.3 is 5.76 Å². The van der Waals surface area contributed by atoms with Gasteiger partial charge in [-0.05, 0) is 24.3 Å². The fourth-order valence-corrected chi connectivity index (χ4v) is 2.15. The lowest BCUT2D eigenvalue weighted by Gasteiger charge is -2.04. The van der Waals surface area contributed by atoms with E-state index in [0.717, 1.165) is 0 Å². The van der Waals surface area contributed by atoms with Gasteiger partial charge in [0.25, 0.3) is 0 Å². The Morgan fingerprint density at radius 1 is 1.21 bits per heavy atom. The molecular weight excluding hydrogens is 269 g/mol. The Labute approximate surface area is 112 Å². The first-order valence-electron chi connectivity index (χ1n) is 5.67. The molecule has 3 aromatic rings. The quantitative estimate of drug-likeness (QED) is 0.719. The van der Waals surface area contributed by atoms with Crippen LogP contribution in [-0.4, -0.2) is 4.57 Å². The van der Waals surface area contributed by atoms with Crippen LogP contribution in [-0.2, 0) is 6.54 Å². The third kappa shape index (κ3) is 2.15. The van der Waals surface area contributed by atoms with Crippen LogP contribution in [0.4, 0.5) is 4.39 Å². The molecule has 0 N–H and O–H groups in total. The number of benzene rings is 2. The van der Waals surface area contributed by atoms with Gasteiger partial charge in [0, 0.05) is 10.6 Å². The number of rotatable bonds is 2. The molecule has 3 nitrogen and oxygen atoms in total. The van der Waals surface area contributed by atoms with E-state index in [0.29, 0.717) is 21.7 Å². The average molecular weight is 278 g/mol. The molecular formula is C14H9ClFNO2. The molecule has 0 amide bonds. The maximum atomic E-state index is 13.6. The second-order valence-corrected chi connectivity index (χ2v) is 4.59. The molecule has 19 heavy (non-hydrogen) atoms. The predicted octanol–water partition coefficient (Wildman–Crippen LogP) is 3.44. The van der Waals surface area contributed by atoms with Crippen molar-refractivity contribution in [1.82, 2.24) is 4.57 Å². The van der Waals surface area contributed by atoms with Crippen LogP contribution in [0.25, 0.3) is 11.1 Å². The minimum absolute atomic E-state index is 0.110. The molecule has 0 fully saturated rings. The Kier molecular flexibility index (Phi) is 2.87. The van der Waals surface area contributed by atoms with Gasteiger partial charge in [-0.3, -0.25) is 4.57 Å². The average Bonchev–Trinajstić information content (AvgIpc) is 2.69. The molecule has 0 unspecified atom stereocenters. The molecule has 2 aromatic carbocycles. The van der Waals surface area contributed by atoms with E-state index in [1.54, 1.807) is 36.4 Å². The van der Waals surface area contributed by atoms with Gasteiger partial charge in [0.1, 0.15) is 5.82 Å². The summed E-state index contributed by atoms with van der Waals surface area (Å²) in [5.74, 6) is -0.883. The van der Waals surface area contributed by atoms with Crippen molar-refractivity contribution < 1.29 is 8.81 Å². The lowest BCUT2D eigenvalue weighted by Crippen LogP contribution is -2.15. The van der Waals surface area contributed by atoms with Crippen LogP contribution in [0.3, 0.4) is 0 Å². The fraction of sp³-hybridized carbons (Fsp3) is 0.0714. The zero-order chi connectivity index (χ0) is 13.4. The Balaban J connectivity index is 2.15. The summed E-state index contributed by atoms with van der Waals surface area (Å²) in [6.07, 6.45) is 0. The van der Waals surface area contributed by atoms with E-state index in [-0.39, 0.29) is 12.4 Å². The summed E-state index contributed by atoms with van der Waals surface area (Å²) in [7, 11) is 0. The zero-order valence-corrected chi connectivity index (χ0v) is 10.5. The van der Waals surface area contributed by atoms with Gasteiger partial charge in [-0.15, -0.1) is 0 Å². The topological polar surface area (TPSA) is 35.1 Å². The normalized spacial score (nSPS) is 11.1. The fourth-order valence-electron chi connectivity index (χ4n) is 1.98. The molecule has 1 heterocycles. The Bertz CT molecular complexity index is 807. The zero-order valence-electron chi connectivity index (χ0n) is 9.77. The third-order valence-corrected chi connectivity index (χ3v) is 3.15. The van der Waals surface area contributed by atoms with Gasteiger partial charge < -0.3 is 4.42 Å². The highest BCUT2D eigenvalue weighted by atomic mass is 35.5. The first-order valence-corrected chi connectivity index (χ1v) is 6.05. The van der Waals surface area contributed by atoms with Crippen LogP contribution in [0.15, 0.2) is 51.7 Å². The molecule has 0 radical (unpaired) electrons. The van der Waals surface area contributed by atoms with Crippen molar-refractivity contribution in [3.63, 3.8) is 0 Å². The van der Waals surface area contributed by atoms with E-state index in [9.17, 15) is 9.18 Å². The number of nitrogens with zero attached hydrogens (tertiary/aromatic N) is 1. The first kappa shape index (κ1) is 12.0. The summed E-state index contributed by atoms with van der Waals surface area (Å²) in [4.78, 5) is 11.8. The van der Waals surface area contributed by atoms with Crippen LogP contribution in [0.2, 0.25) is 5.02 Å². The number of fused-ring (bicyclic) bond motifs is 1. The molecule has 0 saturated heterocycles. The number of hydrogen-bond donors (Lipinski definition) is 0. The summed E-state index contributed by atoms with van der Waals surface area (Å²) >= 11 is 5.90. The van der Waals surface area contributed by atoms with Gasteiger partial charge in [-0.2, -0.15) is 0 Å². The second kappa shape index (κ2) is 4.55. The first-order chi connectivity index (χ1) is 9.15. The van der Waals surface area contributed by atoms with Crippen molar-refractivity contribution in [2.24, 2.45) is 0 Å². The largest absolute Gasteiger partial charge is 0.420 e. The second-order valence-electron chi connectivity index (χ2n) is 4.16. The highest BCUT2D eigenvalue weighted by molar-refractivity contribution is 6.31. The highest BCUT2D eigenvalue weighted by Crippen LogP contribution is 2.19. The lowest BCUT2D eigenvalue weighted by atomic mass is 10.2. The summed E-state index contributed by atoms with van der Waals surface area (Å²) in [5, 5.41) is 0.496. The molecule has 96 valence electrons. The Morgan fingerprint density at radius 3 is 2.79 bits per heavy atom. The standard InChI is InChI=1S/C14H9ClFNO2/c15-10-5-6-13-12(7-10)17(14(18)19-13)8-9-3-1-2-4-11(9)16/h1-7H,8H2. The van der Waals surface area contributed by atoms with Crippen molar-refractivity contribution in [2.75, 3.05) is 0 Å². The molecule has 1 aromatic heterocycles. The summed E-state index contributed by atoms with van der Waals surface area (Å²) in [5.41, 5.74) is 1.42. The van der Waals surface area contributed by atoms with Crippen LogP contribution < -0.4 is 5.76 Å². The minimum Gasteiger partial charge on any atom is -0.408 e. The van der Waals surface area contributed by atoms with Crippen molar-refractivity contribution in [3.05, 3.63) is 69.4 Å². The summed E-state index contributed by atoms with van der Waals surface area (Å²) in [6.45, 7) is 0.110. The molecule has 0 aliphatic rings.